The molecule has 0 saturated carbocycles. The van der Waals surface area contributed by atoms with Crippen molar-refractivity contribution >= 4 is 44.6 Å². The summed E-state index contributed by atoms with van der Waals surface area (Å²) in [6.45, 7) is 0. The highest BCUT2D eigenvalue weighted by Crippen LogP contribution is 2.34. The maximum absolute atomic E-state index is 10.7. The summed E-state index contributed by atoms with van der Waals surface area (Å²) in [6, 6.07) is 4.49. The minimum absolute atomic E-state index is 0.0599. The Balaban J connectivity index is 2.58. The van der Waals surface area contributed by atoms with Crippen LogP contribution < -0.4 is 0 Å². The number of nitrogens with zero attached hydrogens (tertiary/aromatic N) is 2. The van der Waals surface area contributed by atoms with Crippen LogP contribution in [-0.2, 0) is 0 Å². The van der Waals surface area contributed by atoms with E-state index in [0.29, 0.717) is 5.69 Å². The van der Waals surface area contributed by atoms with Crippen LogP contribution >= 0.6 is 38.9 Å². The average molecular weight is 320 g/mol. The zero-order valence-corrected chi connectivity index (χ0v) is 10.8. The molecule has 2 aromatic rings. The van der Waals surface area contributed by atoms with Crippen LogP contribution in [0.3, 0.4) is 0 Å². The Labute approximate surface area is 108 Å². The quantitative estimate of drug-likeness (QED) is 0.475. The third-order valence-corrected chi connectivity index (χ3v) is 3.89. The van der Waals surface area contributed by atoms with Crippen LogP contribution in [0.15, 0.2) is 28.1 Å². The van der Waals surface area contributed by atoms with Gasteiger partial charge >= 0.3 is 0 Å². The zero-order chi connectivity index (χ0) is 11.7. The lowest BCUT2D eigenvalue weighted by atomic mass is 10.3. The topological polar surface area (TPSA) is 56.0 Å². The van der Waals surface area contributed by atoms with Crippen molar-refractivity contribution in [3.05, 3.63) is 43.3 Å². The van der Waals surface area contributed by atoms with Crippen LogP contribution in [0.4, 0.5) is 5.69 Å². The minimum Gasteiger partial charge on any atom is -0.258 e. The minimum atomic E-state index is -0.488. The SMILES string of the molecule is O=[N+]([O-])c1cc(Cl)nc(-c2sccc2Br)c1. The van der Waals surface area contributed by atoms with Crippen molar-refractivity contribution < 1.29 is 4.92 Å². The second-order valence-electron chi connectivity index (χ2n) is 2.89. The molecule has 0 aliphatic heterocycles. The molecule has 0 unspecified atom stereocenters. The first kappa shape index (κ1) is 11.5. The van der Waals surface area contributed by atoms with Crippen molar-refractivity contribution in [1.82, 2.24) is 4.98 Å². The number of pyridine rings is 1. The molecular weight excluding hydrogens is 316 g/mol. The largest absolute Gasteiger partial charge is 0.274 e. The second kappa shape index (κ2) is 4.48. The summed E-state index contributed by atoms with van der Waals surface area (Å²) in [5.41, 5.74) is 0.441. The molecule has 0 atom stereocenters. The normalized spacial score (nSPS) is 10.4. The van der Waals surface area contributed by atoms with Crippen LogP contribution in [0.1, 0.15) is 0 Å². The fourth-order valence-electron chi connectivity index (χ4n) is 1.18. The Hall–Kier alpha value is -0.980. The van der Waals surface area contributed by atoms with E-state index in [9.17, 15) is 10.1 Å². The number of halogens is 2. The molecule has 16 heavy (non-hydrogen) atoms. The molecule has 0 spiro atoms. The van der Waals surface area contributed by atoms with Gasteiger partial charge in [-0.05, 0) is 27.4 Å². The van der Waals surface area contributed by atoms with Crippen molar-refractivity contribution in [1.29, 1.82) is 0 Å². The van der Waals surface area contributed by atoms with Crippen LogP contribution in [0.5, 0.6) is 0 Å². The molecule has 0 fully saturated rings. The van der Waals surface area contributed by atoms with Gasteiger partial charge in [0.2, 0.25) is 0 Å². The molecule has 2 heterocycles. The van der Waals surface area contributed by atoms with Crippen molar-refractivity contribution in [3.8, 4) is 10.6 Å². The fourth-order valence-corrected chi connectivity index (χ4v) is 2.92. The molecule has 0 aliphatic rings. The Bertz CT molecular complexity index is 558. The monoisotopic (exact) mass is 318 g/mol. The van der Waals surface area contributed by atoms with Crippen molar-refractivity contribution in [3.63, 3.8) is 0 Å². The van der Waals surface area contributed by atoms with Gasteiger partial charge in [0.25, 0.3) is 5.69 Å². The van der Waals surface area contributed by atoms with Gasteiger partial charge in [-0.1, -0.05) is 11.6 Å². The summed E-state index contributed by atoms with van der Waals surface area (Å²) in [5, 5.41) is 12.7. The smallest absolute Gasteiger partial charge is 0.258 e. The molecule has 2 rings (SSSR count). The zero-order valence-electron chi connectivity index (χ0n) is 7.68. The molecule has 0 saturated heterocycles. The number of rotatable bonds is 2. The Morgan fingerprint density at radius 2 is 2.25 bits per heavy atom. The van der Waals surface area contributed by atoms with Gasteiger partial charge in [-0.15, -0.1) is 11.3 Å². The molecule has 0 N–H and O–H groups in total. The summed E-state index contributed by atoms with van der Waals surface area (Å²) in [6.07, 6.45) is 0. The lowest BCUT2D eigenvalue weighted by Gasteiger charge is -1.99. The average Bonchev–Trinajstić information content (AvgIpc) is 2.63. The molecule has 82 valence electrons. The lowest BCUT2D eigenvalue weighted by Crippen LogP contribution is -1.91. The maximum Gasteiger partial charge on any atom is 0.274 e. The summed E-state index contributed by atoms with van der Waals surface area (Å²) in [7, 11) is 0. The van der Waals surface area contributed by atoms with E-state index in [2.05, 4.69) is 20.9 Å². The van der Waals surface area contributed by atoms with Gasteiger partial charge in [0.05, 0.1) is 21.6 Å². The van der Waals surface area contributed by atoms with Crippen LogP contribution in [0, 0.1) is 10.1 Å². The molecule has 7 heteroatoms. The van der Waals surface area contributed by atoms with E-state index in [-0.39, 0.29) is 10.8 Å². The highest BCUT2D eigenvalue weighted by Gasteiger charge is 2.14. The Morgan fingerprint density at radius 1 is 1.50 bits per heavy atom. The first-order valence-electron chi connectivity index (χ1n) is 4.13. The first-order chi connectivity index (χ1) is 7.58. The van der Waals surface area contributed by atoms with Gasteiger partial charge in [-0.3, -0.25) is 10.1 Å². The van der Waals surface area contributed by atoms with Gasteiger partial charge in [0.1, 0.15) is 5.15 Å². The lowest BCUT2D eigenvalue weighted by molar-refractivity contribution is -0.384. The third kappa shape index (κ3) is 2.23. The van der Waals surface area contributed by atoms with E-state index in [0.717, 1.165) is 9.35 Å². The van der Waals surface area contributed by atoms with Gasteiger partial charge in [0.15, 0.2) is 0 Å². The molecule has 0 bridgehead atoms. The predicted octanol–water partition coefficient (Wildman–Crippen LogP) is 4.13. The Morgan fingerprint density at radius 3 is 2.81 bits per heavy atom. The number of hydrogen-bond acceptors (Lipinski definition) is 4. The molecular formula is C9H4BrClN2O2S. The van der Waals surface area contributed by atoms with Crippen LogP contribution in [0.25, 0.3) is 10.6 Å². The van der Waals surface area contributed by atoms with Crippen LogP contribution in [0.2, 0.25) is 5.15 Å². The van der Waals surface area contributed by atoms with E-state index in [1.807, 2.05) is 11.4 Å². The molecule has 0 aliphatic carbocycles. The van der Waals surface area contributed by atoms with Gasteiger partial charge in [-0.25, -0.2) is 4.98 Å². The highest BCUT2D eigenvalue weighted by molar-refractivity contribution is 9.10. The second-order valence-corrected chi connectivity index (χ2v) is 5.05. The standard InChI is InChI=1S/C9H4BrClN2O2S/c10-6-1-2-16-9(6)7-3-5(13(14)15)4-8(11)12-7/h1-4H. The van der Waals surface area contributed by atoms with E-state index < -0.39 is 4.92 Å². The number of nitro groups is 1. The van der Waals surface area contributed by atoms with Crippen LogP contribution in [-0.4, -0.2) is 9.91 Å². The van der Waals surface area contributed by atoms with Crippen molar-refractivity contribution in [2.45, 2.75) is 0 Å². The first-order valence-corrected chi connectivity index (χ1v) is 6.18. The van der Waals surface area contributed by atoms with E-state index in [4.69, 9.17) is 11.6 Å². The summed E-state index contributed by atoms with van der Waals surface area (Å²) < 4.78 is 0.849. The van der Waals surface area contributed by atoms with Gasteiger partial charge in [-0.2, -0.15) is 0 Å². The molecule has 4 nitrogen and oxygen atoms in total. The number of aromatic nitrogens is 1. The van der Waals surface area contributed by atoms with Gasteiger partial charge < -0.3 is 0 Å². The predicted molar refractivity (Wildman–Crippen MR) is 66.9 cm³/mol. The molecule has 0 aromatic carbocycles. The van der Waals surface area contributed by atoms with E-state index in [1.54, 1.807) is 0 Å². The highest BCUT2D eigenvalue weighted by atomic mass is 79.9. The fraction of sp³-hybridized carbons (Fsp3) is 0. The van der Waals surface area contributed by atoms with Gasteiger partial charge in [0, 0.05) is 10.5 Å². The third-order valence-electron chi connectivity index (χ3n) is 1.84. The molecule has 0 radical (unpaired) electrons. The maximum atomic E-state index is 10.7. The molecule has 0 amide bonds. The van der Waals surface area contributed by atoms with Crippen molar-refractivity contribution in [2.24, 2.45) is 0 Å². The van der Waals surface area contributed by atoms with Crippen molar-refractivity contribution in [2.75, 3.05) is 0 Å². The van der Waals surface area contributed by atoms with E-state index in [1.165, 1.54) is 23.5 Å². The number of thiophene rings is 1. The summed E-state index contributed by atoms with van der Waals surface area (Å²) >= 11 is 10.5. The summed E-state index contributed by atoms with van der Waals surface area (Å²) in [5.74, 6) is 0. The number of hydrogen-bond donors (Lipinski definition) is 0. The van der Waals surface area contributed by atoms with E-state index >= 15 is 0 Å². The Kier molecular flexibility index (Phi) is 3.22. The molecule has 2 aromatic heterocycles. The summed E-state index contributed by atoms with van der Waals surface area (Å²) in [4.78, 5) is 15.1.